The fourth-order valence-corrected chi connectivity index (χ4v) is 2.51. The lowest BCUT2D eigenvalue weighted by Gasteiger charge is -2.09. The Balaban J connectivity index is 2.35. The highest BCUT2D eigenvalue weighted by Gasteiger charge is 2.16. The molecule has 7 nitrogen and oxygen atoms in total. The minimum Gasteiger partial charge on any atom is -0.487 e. The molecule has 8 heteroatoms. The van der Waals surface area contributed by atoms with E-state index in [1.807, 2.05) is 0 Å². The highest BCUT2D eigenvalue weighted by atomic mass is 32.2. The van der Waals surface area contributed by atoms with Crippen LogP contribution in [-0.2, 0) is 10.0 Å². The Morgan fingerprint density at radius 1 is 1.24 bits per heavy atom. The Morgan fingerprint density at radius 2 is 1.90 bits per heavy atom. The molecule has 0 bridgehead atoms. The minimum atomic E-state index is -3.39. The van der Waals surface area contributed by atoms with Gasteiger partial charge in [-0.25, -0.2) is 13.6 Å². The zero-order valence-electron chi connectivity index (χ0n) is 11.9. The third-order valence-corrected chi connectivity index (χ3v) is 3.82. The van der Waals surface area contributed by atoms with Crippen LogP contribution < -0.4 is 9.88 Å². The predicted molar refractivity (Wildman–Crippen MR) is 79.8 cm³/mol. The van der Waals surface area contributed by atoms with E-state index in [9.17, 15) is 18.5 Å². The number of para-hydroxylation sites is 1. The van der Waals surface area contributed by atoms with Gasteiger partial charge in [-0.3, -0.25) is 10.1 Å². The number of sulfonamides is 1. The molecule has 1 aromatic carbocycles. The van der Waals surface area contributed by atoms with Crippen LogP contribution >= 0.6 is 0 Å². The van der Waals surface area contributed by atoms with Crippen molar-refractivity contribution < 1.29 is 18.1 Å². The second-order valence-corrected chi connectivity index (χ2v) is 6.54. The molecule has 1 aromatic rings. The van der Waals surface area contributed by atoms with Crippen molar-refractivity contribution in [3.05, 3.63) is 33.9 Å². The van der Waals surface area contributed by atoms with E-state index < -0.39 is 14.9 Å². The van der Waals surface area contributed by atoms with E-state index >= 15 is 0 Å². The quantitative estimate of drug-likeness (QED) is 0.426. The van der Waals surface area contributed by atoms with Gasteiger partial charge < -0.3 is 4.74 Å². The predicted octanol–water partition coefficient (Wildman–Crippen LogP) is 2.13. The van der Waals surface area contributed by atoms with Gasteiger partial charge >= 0.3 is 5.69 Å². The summed E-state index contributed by atoms with van der Waals surface area (Å²) in [5.41, 5.74) is 0.683. The summed E-state index contributed by atoms with van der Waals surface area (Å²) in [6, 6.07) is 4.79. The molecule has 118 valence electrons. The first-order chi connectivity index (χ1) is 9.81. The van der Waals surface area contributed by atoms with E-state index in [1.165, 1.54) is 6.07 Å². The first kappa shape index (κ1) is 17.4. The number of ether oxygens (including phenoxy) is 1. The Kier molecular flexibility index (Phi) is 6.57. The van der Waals surface area contributed by atoms with E-state index in [0.29, 0.717) is 25.2 Å². The molecule has 0 aromatic heterocycles. The van der Waals surface area contributed by atoms with Crippen molar-refractivity contribution in [2.45, 2.75) is 32.6 Å². The van der Waals surface area contributed by atoms with Gasteiger partial charge in [-0.1, -0.05) is 25.0 Å². The number of unbranched alkanes of at least 4 members (excludes halogenated alkanes) is 3. The second kappa shape index (κ2) is 7.94. The number of hydrogen-bond donors (Lipinski definition) is 1. The Hall–Kier alpha value is -1.67. The second-order valence-electron chi connectivity index (χ2n) is 4.81. The van der Waals surface area contributed by atoms with Gasteiger partial charge in [-0.15, -0.1) is 0 Å². The number of nitro benzene ring substituents is 1. The maximum absolute atomic E-state index is 10.9. The lowest BCUT2D eigenvalue weighted by molar-refractivity contribution is -0.385. The Bertz CT molecular complexity index is 586. The van der Waals surface area contributed by atoms with E-state index in [-0.39, 0.29) is 11.4 Å². The van der Waals surface area contributed by atoms with Gasteiger partial charge in [0.05, 0.1) is 17.3 Å². The van der Waals surface area contributed by atoms with Crippen LogP contribution in [-0.4, -0.2) is 25.7 Å². The summed E-state index contributed by atoms with van der Waals surface area (Å²) in [7, 11) is -3.39. The number of nitrogens with two attached hydrogens (primary N) is 1. The lowest BCUT2D eigenvalue weighted by atomic mass is 10.2. The maximum Gasteiger partial charge on any atom is 0.311 e. The number of nitrogens with zero attached hydrogens (tertiary/aromatic N) is 1. The molecule has 0 amide bonds. The van der Waals surface area contributed by atoms with E-state index in [0.717, 1.165) is 18.4 Å². The molecule has 0 saturated heterocycles. The molecule has 1 rings (SSSR count). The molecule has 0 spiro atoms. The molecular weight excluding hydrogens is 296 g/mol. The third-order valence-electron chi connectivity index (χ3n) is 2.96. The van der Waals surface area contributed by atoms with Crippen LogP contribution in [0.25, 0.3) is 0 Å². The highest BCUT2D eigenvalue weighted by molar-refractivity contribution is 7.89. The average molecular weight is 316 g/mol. The summed E-state index contributed by atoms with van der Waals surface area (Å²) < 4.78 is 27.0. The molecule has 0 fully saturated rings. The first-order valence-electron chi connectivity index (χ1n) is 6.68. The molecule has 2 N–H and O–H groups in total. The van der Waals surface area contributed by atoms with Crippen molar-refractivity contribution in [3.63, 3.8) is 0 Å². The monoisotopic (exact) mass is 316 g/mol. The number of primary sulfonamides is 1. The van der Waals surface area contributed by atoms with Gasteiger partial charge in [-0.2, -0.15) is 0 Å². The molecular formula is C13H20N2O5S. The minimum absolute atomic E-state index is 0.0167. The van der Waals surface area contributed by atoms with Gasteiger partial charge in [0.2, 0.25) is 10.0 Å². The van der Waals surface area contributed by atoms with Crippen LogP contribution in [0.2, 0.25) is 0 Å². The van der Waals surface area contributed by atoms with Crippen LogP contribution in [0.1, 0.15) is 31.2 Å². The molecule has 0 aliphatic carbocycles. The maximum atomic E-state index is 10.9. The number of aryl methyl sites for hydroxylation is 1. The van der Waals surface area contributed by atoms with Gasteiger partial charge in [0.15, 0.2) is 5.75 Å². The number of rotatable bonds is 9. The standard InChI is InChI=1S/C13H20N2O5S/c1-11-7-6-8-12(15(16)17)13(11)20-9-4-2-3-5-10-21(14,18)19/h6-8H,2-5,9-10H2,1H3,(H2,14,18,19). The van der Waals surface area contributed by atoms with Crippen LogP contribution in [0.5, 0.6) is 5.75 Å². The molecule has 0 unspecified atom stereocenters. The summed E-state index contributed by atoms with van der Waals surface area (Å²) in [5, 5.41) is 15.8. The van der Waals surface area contributed by atoms with Crippen molar-refractivity contribution in [1.29, 1.82) is 0 Å². The first-order valence-corrected chi connectivity index (χ1v) is 8.40. The molecule has 21 heavy (non-hydrogen) atoms. The molecule has 0 aliphatic rings. The Morgan fingerprint density at radius 3 is 2.52 bits per heavy atom. The average Bonchev–Trinajstić information content (AvgIpc) is 2.37. The summed E-state index contributed by atoms with van der Waals surface area (Å²) in [6.07, 6.45) is 2.74. The largest absolute Gasteiger partial charge is 0.487 e. The molecule has 0 heterocycles. The summed E-state index contributed by atoms with van der Waals surface area (Å²) in [4.78, 5) is 10.4. The fourth-order valence-electron chi connectivity index (χ4n) is 1.90. The van der Waals surface area contributed by atoms with E-state index in [1.54, 1.807) is 19.1 Å². The summed E-state index contributed by atoms with van der Waals surface area (Å²) in [5.74, 6) is 0.281. The molecule has 0 atom stereocenters. The molecule has 0 aliphatic heterocycles. The SMILES string of the molecule is Cc1cccc([N+](=O)[O-])c1OCCCCCCS(N)(=O)=O. The molecule has 0 radical (unpaired) electrons. The fraction of sp³-hybridized carbons (Fsp3) is 0.538. The number of benzene rings is 1. The third kappa shape index (κ3) is 6.54. The van der Waals surface area contributed by atoms with Gasteiger partial charge in [0, 0.05) is 6.07 Å². The summed E-state index contributed by atoms with van der Waals surface area (Å²) >= 11 is 0. The van der Waals surface area contributed by atoms with Crippen molar-refractivity contribution in [1.82, 2.24) is 0 Å². The van der Waals surface area contributed by atoms with E-state index in [2.05, 4.69) is 0 Å². The van der Waals surface area contributed by atoms with Crippen LogP contribution in [0.4, 0.5) is 5.69 Å². The van der Waals surface area contributed by atoms with Crippen LogP contribution in [0, 0.1) is 17.0 Å². The number of hydrogen-bond acceptors (Lipinski definition) is 5. The van der Waals surface area contributed by atoms with Gasteiger partial charge in [0.25, 0.3) is 0 Å². The number of nitro groups is 1. The summed E-state index contributed by atoms with van der Waals surface area (Å²) in [6.45, 7) is 2.12. The highest BCUT2D eigenvalue weighted by Crippen LogP contribution is 2.30. The van der Waals surface area contributed by atoms with E-state index in [4.69, 9.17) is 9.88 Å². The van der Waals surface area contributed by atoms with Crippen molar-refractivity contribution in [2.24, 2.45) is 5.14 Å². The Labute approximate surface area is 124 Å². The molecule has 0 saturated carbocycles. The normalized spacial score (nSPS) is 11.3. The van der Waals surface area contributed by atoms with Crippen molar-refractivity contribution in [2.75, 3.05) is 12.4 Å². The van der Waals surface area contributed by atoms with Gasteiger partial charge in [0.1, 0.15) is 0 Å². The van der Waals surface area contributed by atoms with Crippen molar-refractivity contribution >= 4 is 15.7 Å². The van der Waals surface area contributed by atoms with Crippen molar-refractivity contribution in [3.8, 4) is 5.75 Å². The zero-order chi connectivity index (χ0) is 15.9. The smallest absolute Gasteiger partial charge is 0.311 e. The van der Waals surface area contributed by atoms with Crippen LogP contribution in [0.15, 0.2) is 18.2 Å². The van der Waals surface area contributed by atoms with Crippen LogP contribution in [0.3, 0.4) is 0 Å². The topological polar surface area (TPSA) is 113 Å². The van der Waals surface area contributed by atoms with Gasteiger partial charge in [-0.05, 0) is 25.3 Å². The zero-order valence-corrected chi connectivity index (χ0v) is 12.8. The lowest BCUT2D eigenvalue weighted by Crippen LogP contribution is -2.16.